The largest absolute Gasteiger partial charge is 0.416 e. The number of nitrogens with one attached hydrogen (secondary N) is 1. The fourth-order valence-electron chi connectivity index (χ4n) is 2.28. The first-order valence-corrected chi connectivity index (χ1v) is 8.95. The number of hydrogen-bond donors (Lipinski definition) is 1. The van der Waals surface area contributed by atoms with Crippen molar-refractivity contribution in [3.63, 3.8) is 0 Å². The number of carbonyl (C=O) groups is 1. The Morgan fingerprint density at radius 1 is 1.08 bits per heavy atom. The number of thioether (sulfide) groups is 1. The lowest BCUT2D eigenvalue weighted by Gasteiger charge is -2.06. The van der Waals surface area contributed by atoms with Crippen LogP contribution in [0.4, 0.5) is 5.69 Å². The normalized spacial score (nSPS) is 10.6. The van der Waals surface area contributed by atoms with Gasteiger partial charge in [0.05, 0.1) is 12.2 Å². The van der Waals surface area contributed by atoms with Crippen LogP contribution in [0.15, 0.2) is 58.2 Å². The third-order valence-corrected chi connectivity index (χ3v) is 4.49. The molecule has 0 radical (unpaired) electrons. The summed E-state index contributed by atoms with van der Waals surface area (Å²) in [4.78, 5) is 12.0. The maximum Gasteiger partial charge on any atom is 0.277 e. The molecule has 0 aliphatic rings. The van der Waals surface area contributed by atoms with E-state index in [0.717, 1.165) is 16.8 Å². The Labute approximate surface area is 150 Å². The molecule has 5 nitrogen and oxygen atoms in total. The summed E-state index contributed by atoms with van der Waals surface area (Å²) in [5.74, 6) is 0.670. The molecule has 0 unspecified atom stereocenters. The minimum absolute atomic E-state index is 0.0995. The van der Waals surface area contributed by atoms with Crippen molar-refractivity contribution in [2.24, 2.45) is 0 Å². The van der Waals surface area contributed by atoms with E-state index >= 15 is 0 Å². The molecule has 1 N–H and O–H groups in total. The Kier molecular flexibility index (Phi) is 5.50. The van der Waals surface area contributed by atoms with E-state index in [0.29, 0.717) is 17.5 Å². The van der Waals surface area contributed by atoms with Gasteiger partial charge in [0.15, 0.2) is 0 Å². The molecule has 0 saturated carbocycles. The monoisotopic (exact) mass is 353 g/mol. The van der Waals surface area contributed by atoms with Gasteiger partial charge in [-0.1, -0.05) is 59.8 Å². The van der Waals surface area contributed by atoms with Gasteiger partial charge in [0, 0.05) is 5.69 Å². The Bertz CT molecular complexity index is 859. The van der Waals surface area contributed by atoms with Crippen molar-refractivity contribution < 1.29 is 9.21 Å². The average molecular weight is 353 g/mol. The molecule has 1 aromatic heterocycles. The average Bonchev–Trinajstić information content (AvgIpc) is 3.05. The SMILES string of the molecule is Cc1ccc(Cc2nnc(SCC(=O)Nc3ccccc3C)o2)cc1. The van der Waals surface area contributed by atoms with Crippen molar-refractivity contribution in [2.45, 2.75) is 25.5 Å². The van der Waals surface area contributed by atoms with Crippen LogP contribution in [0, 0.1) is 13.8 Å². The maximum absolute atomic E-state index is 12.0. The zero-order valence-electron chi connectivity index (χ0n) is 14.2. The lowest BCUT2D eigenvalue weighted by Crippen LogP contribution is -2.14. The van der Waals surface area contributed by atoms with Crippen LogP contribution in [0.25, 0.3) is 0 Å². The molecule has 2 aromatic carbocycles. The quantitative estimate of drug-likeness (QED) is 0.678. The van der Waals surface area contributed by atoms with Gasteiger partial charge in [0.25, 0.3) is 5.22 Å². The molecular formula is C19H19N3O2S. The summed E-state index contributed by atoms with van der Waals surface area (Å²) in [6.07, 6.45) is 0.587. The van der Waals surface area contributed by atoms with Gasteiger partial charge in [-0.15, -0.1) is 10.2 Å². The van der Waals surface area contributed by atoms with Crippen LogP contribution in [0.5, 0.6) is 0 Å². The van der Waals surface area contributed by atoms with E-state index in [4.69, 9.17) is 4.42 Å². The van der Waals surface area contributed by atoms with Gasteiger partial charge in [-0.25, -0.2) is 0 Å². The molecule has 0 saturated heterocycles. The van der Waals surface area contributed by atoms with Gasteiger partial charge in [-0.2, -0.15) is 0 Å². The molecule has 1 amide bonds. The summed E-state index contributed by atoms with van der Waals surface area (Å²) >= 11 is 1.24. The molecule has 6 heteroatoms. The van der Waals surface area contributed by atoms with E-state index in [9.17, 15) is 4.79 Å². The second kappa shape index (κ2) is 7.98. The molecule has 0 aliphatic heterocycles. The molecule has 0 fully saturated rings. The van der Waals surface area contributed by atoms with Gasteiger partial charge in [-0.3, -0.25) is 4.79 Å². The van der Waals surface area contributed by atoms with Crippen LogP contribution in [-0.2, 0) is 11.2 Å². The first kappa shape index (κ1) is 17.2. The Balaban J connectivity index is 1.52. The predicted molar refractivity (Wildman–Crippen MR) is 98.8 cm³/mol. The molecule has 0 spiro atoms. The molecule has 3 rings (SSSR count). The Morgan fingerprint density at radius 2 is 1.84 bits per heavy atom. The van der Waals surface area contributed by atoms with Crippen molar-refractivity contribution >= 4 is 23.4 Å². The van der Waals surface area contributed by atoms with Crippen LogP contribution in [-0.4, -0.2) is 21.9 Å². The summed E-state index contributed by atoms with van der Waals surface area (Å²) in [6, 6.07) is 15.9. The fraction of sp³-hybridized carbons (Fsp3) is 0.211. The lowest BCUT2D eigenvalue weighted by molar-refractivity contribution is -0.113. The zero-order chi connectivity index (χ0) is 17.6. The van der Waals surface area contributed by atoms with Crippen molar-refractivity contribution in [3.8, 4) is 0 Å². The molecule has 1 heterocycles. The van der Waals surface area contributed by atoms with E-state index < -0.39 is 0 Å². The highest BCUT2D eigenvalue weighted by Gasteiger charge is 2.11. The van der Waals surface area contributed by atoms with E-state index in [1.165, 1.54) is 17.3 Å². The predicted octanol–water partition coefficient (Wildman–Crippen LogP) is 4.01. The number of hydrogen-bond acceptors (Lipinski definition) is 5. The summed E-state index contributed by atoms with van der Waals surface area (Å²) in [5, 5.41) is 11.3. The summed E-state index contributed by atoms with van der Waals surface area (Å²) in [5.41, 5.74) is 4.17. The number of aromatic nitrogens is 2. The fourth-order valence-corrected chi connectivity index (χ4v) is 2.86. The van der Waals surface area contributed by atoms with Gasteiger partial charge in [0.2, 0.25) is 11.8 Å². The molecule has 0 aliphatic carbocycles. The second-order valence-electron chi connectivity index (χ2n) is 5.78. The van der Waals surface area contributed by atoms with Gasteiger partial charge in [-0.05, 0) is 31.0 Å². The molecular weight excluding hydrogens is 334 g/mol. The number of benzene rings is 2. The standard InChI is InChI=1S/C19H19N3O2S/c1-13-7-9-15(10-8-13)11-18-21-22-19(24-18)25-12-17(23)20-16-6-4-3-5-14(16)2/h3-10H,11-12H2,1-2H3,(H,20,23). The van der Waals surface area contributed by atoms with Crippen molar-refractivity contribution in [1.82, 2.24) is 10.2 Å². The summed E-state index contributed by atoms with van der Waals surface area (Å²) in [6.45, 7) is 4.01. The lowest BCUT2D eigenvalue weighted by atomic mass is 10.1. The Hall–Kier alpha value is -2.60. The molecule has 0 bridgehead atoms. The number of nitrogens with zero attached hydrogens (tertiary/aromatic N) is 2. The van der Waals surface area contributed by atoms with Gasteiger partial charge >= 0.3 is 0 Å². The highest BCUT2D eigenvalue weighted by Crippen LogP contribution is 2.19. The number of rotatable bonds is 6. The highest BCUT2D eigenvalue weighted by molar-refractivity contribution is 7.99. The summed E-state index contributed by atoms with van der Waals surface area (Å²) < 4.78 is 5.60. The van der Waals surface area contributed by atoms with Crippen molar-refractivity contribution in [2.75, 3.05) is 11.1 Å². The zero-order valence-corrected chi connectivity index (χ0v) is 15.0. The number of carbonyl (C=O) groups excluding carboxylic acids is 1. The Morgan fingerprint density at radius 3 is 2.60 bits per heavy atom. The second-order valence-corrected chi connectivity index (χ2v) is 6.70. The third kappa shape index (κ3) is 4.93. The highest BCUT2D eigenvalue weighted by atomic mass is 32.2. The molecule has 128 valence electrons. The first-order chi connectivity index (χ1) is 12.1. The van der Waals surface area contributed by atoms with Crippen LogP contribution in [0.2, 0.25) is 0 Å². The van der Waals surface area contributed by atoms with Gasteiger partial charge in [0.1, 0.15) is 0 Å². The molecule has 25 heavy (non-hydrogen) atoms. The molecule has 3 aromatic rings. The van der Waals surface area contributed by atoms with E-state index in [1.54, 1.807) is 0 Å². The maximum atomic E-state index is 12.0. The van der Waals surface area contributed by atoms with Gasteiger partial charge < -0.3 is 9.73 Å². The number of anilines is 1. The number of aryl methyl sites for hydroxylation is 2. The number of para-hydroxylation sites is 1. The van der Waals surface area contributed by atoms with Crippen molar-refractivity contribution in [3.05, 3.63) is 71.1 Å². The van der Waals surface area contributed by atoms with Crippen molar-refractivity contribution in [1.29, 1.82) is 0 Å². The van der Waals surface area contributed by atoms with Crippen LogP contribution < -0.4 is 5.32 Å². The topological polar surface area (TPSA) is 68.0 Å². The number of amides is 1. The summed E-state index contributed by atoms with van der Waals surface area (Å²) in [7, 11) is 0. The van der Waals surface area contributed by atoms with Crippen LogP contribution >= 0.6 is 11.8 Å². The minimum Gasteiger partial charge on any atom is -0.416 e. The third-order valence-electron chi connectivity index (χ3n) is 3.67. The minimum atomic E-state index is -0.0995. The van der Waals surface area contributed by atoms with Crippen LogP contribution in [0.1, 0.15) is 22.6 Å². The first-order valence-electron chi connectivity index (χ1n) is 7.96. The van der Waals surface area contributed by atoms with E-state index in [2.05, 4.69) is 27.6 Å². The van der Waals surface area contributed by atoms with E-state index in [1.807, 2.05) is 50.2 Å². The van der Waals surface area contributed by atoms with Crippen LogP contribution in [0.3, 0.4) is 0 Å². The van der Waals surface area contributed by atoms with E-state index in [-0.39, 0.29) is 11.7 Å². The smallest absolute Gasteiger partial charge is 0.277 e. The molecule has 0 atom stereocenters.